The molecular weight excluding hydrogens is 316 g/mol. The second-order valence-corrected chi connectivity index (χ2v) is 6.64. The van der Waals surface area contributed by atoms with Crippen LogP contribution in [0.3, 0.4) is 0 Å². The summed E-state index contributed by atoms with van der Waals surface area (Å²) in [5, 5.41) is 9.91. The Hall–Kier alpha value is -2.34. The molecule has 1 unspecified atom stereocenters. The van der Waals surface area contributed by atoms with Crippen molar-refractivity contribution in [1.29, 1.82) is 0 Å². The Bertz CT molecular complexity index is 713. The molecule has 6 heteroatoms. The summed E-state index contributed by atoms with van der Waals surface area (Å²) in [6.07, 6.45) is 5.27. The fourth-order valence-electron chi connectivity index (χ4n) is 3.32. The third-order valence-electron chi connectivity index (χ3n) is 4.82. The van der Waals surface area contributed by atoms with Gasteiger partial charge in [-0.3, -0.25) is 9.89 Å². The van der Waals surface area contributed by atoms with Gasteiger partial charge in [0.25, 0.3) is 5.91 Å². The number of amides is 1. The number of nitrogens with one attached hydrogen (secondary N) is 2. The molecule has 0 saturated carbocycles. The normalized spacial score (nSPS) is 17.6. The molecule has 1 aromatic carbocycles. The first-order valence-corrected chi connectivity index (χ1v) is 8.83. The largest absolute Gasteiger partial charge is 0.484 e. The van der Waals surface area contributed by atoms with Crippen LogP contribution in [0.2, 0.25) is 0 Å². The highest BCUT2D eigenvalue weighted by molar-refractivity contribution is 5.77. The maximum absolute atomic E-state index is 12.0. The minimum absolute atomic E-state index is 0.0360. The summed E-state index contributed by atoms with van der Waals surface area (Å²) in [6.45, 7) is 3.87. The summed E-state index contributed by atoms with van der Waals surface area (Å²) in [4.78, 5) is 14.3. The van der Waals surface area contributed by atoms with Gasteiger partial charge in [0.1, 0.15) is 5.75 Å². The number of carbonyl (C=O) groups is 1. The number of hydrogen-bond acceptors (Lipinski definition) is 4. The van der Waals surface area contributed by atoms with Crippen LogP contribution in [0.1, 0.15) is 25.0 Å². The molecule has 2 N–H and O–H groups in total. The fourth-order valence-corrected chi connectivity index (χ4v) is 3.32. The van der Waals surface area contributed by atoms with Crippen molar-refractivity contribution in [3.63, 3.8) is 0 Å². The first-order valence-electron chi connectivity index (χ1n) is 8.83. The minimum atomic E-state index is -0.0782. The van der Waals surface area contributed by atoms with E-state index in [0.29, 0.717) is 18.3 Å². The number of ether oxygens (including phenoxy) is 1. The van der Waals surface area contributed by atoms with E-state index in [0.717, 1.165) is 29.8 Å². The van der Waals surface area contributed by atoms with Gasteiger partial charge in [0, 0.05) is 23.8 Å². The summed E-state index contributed by atoms with van der Waals surface area (Å²) < 4.78 is 5.64. The molecule has 1 atom stereocenters. The van der Waals surface area contributed by atoms with E-state index in [1.807, 2.05) is 31.2 Å². The van der Waals surface area contributed by atoms with Gasteiger partial charge in [-0.2, -0.15) is 5.10 Å². The number of rotatable bonds is 7. The molecule has 0 radical (unpaired) electrons. The Morgan fingerprint density at radius 1 is 1.48 bits per heavy atom. The van der Waals surface area contributed by atoms with E-state index in [1.54, 1.807) is 6.20 Å². The maximum Gasteiger partial charge on any atom is 0.257 e. The number of benzene rings is 1. The second-order valence-electron chi connectivity index (χ2n) is 6.64. The molecule has 0 spiro atoms. The number of carbonyl (C=O) groups excluding carboxylic acids is 1. The van der Waals surface area contributed by atoms with Crippen LogP contribution >= 0.6 is 0 Å². The lowest BCUT2D eigenvalue weighted by Gasteiger charge is -2.19. The van der Waals surface area contributed by atoms with Gasteiger partial charge in [-0.05, 0) is 57.5 Å². The van der Waals surface area contributed by atoms with Gasteiger partial charge in [0.2, 0.25) is 0 Å². The van der Waals surface area contributed by atoms with E-state index in [2.05, 4.69) is 27.5 Å². The number of aromatic amines is 1. The van der Waals surface area contributed by atoms with Crippen LogP contribution in [-0.2, 0) is 4.79 Å². The van der Waals surface area contributed by atoms with Gasteiger partial charge < -0.3 is 15.0 Å². The molecule has 25 heavy (non-hydrogen) atoms. The van der Waals surface area contributed by atoms with Crippen LogP contribution in [-0.4, -0.2) is 53.8 Å². The predicted molar refractivity (Wildman–Crippen MR) is 97.5 cm³/mol. The summed E-state index contributed by atoms with van der Waals surface area (Å²) >= 11 is 0. The Kier molecular flexibility index (Phi) is 5.71. The molecular formula is C19H26N4O2. The molecule has 0 bridgehead atoms. The zero-order valence-electron chi connectivity index (χ0n) is 14.9. The molecule has 1 aliphatic rings. The topological polar surface area (TPSA) is 70.2 Å². The number of aryl methyl sites for hydroxylation is 1. The molecule has 6 nitrogen and oxygen atoms in total. The van der Waals surface area contributed by atoms with Crippen LogP contribution < -0.4 is 10.1 Å². The SMILES string of the molecule is Cc1[nH]ncc1-c1cccc(OCC(=O)NCCC2CCCN2C)c1. The molecule has 134 valence electrons. The fraction of sp³-hybridized carbons (Fsp3) is 0.474. The third-order valence-corrected chi connectivity index (χ3v) is 4.82. The van der Waals surface area contributed by atoms with Crippen LogP contribution in [0.5, 0.6) is 5.75 Å². The van der Waals surface area contributed by atoms with Gasteiger partial charge in [-0.15, -0.1) is 0 Å². The van der Waals surface area contributed by atoms with Gasteiger partial charge in [-0.25, -0.2) is 0 Å². The lowest BCUT2D eigenvalue weighted by atomic mass is 10.1. The molecule has 2 heterocycles. The van der Waals surface area contributed by atoms with E-state index in [1.165, 1.54) is 12.8 Å². The van der Waals surface area contributed by atoms with Crippen LogP contribution in [0, 0.1) is 6.92 Å². The quantitative estimate of drug-likeness (QED) is 0.810. The standard InChI is InChI=1S/C19H26N4O2/c1-14-18(12-21-22-14)15-5-3-7-17(11-15)25-13-19(24)20-9-8-16-6-4-10-23(16)2/h3,5,7,11-12,16H,4,6,8-10,13H2,1-2H3,(H,20,24)(H,21,22). The number of nitrogens with zero attached hydrogens (tertiary/aromatic N) is 2. The predicted octanol–water partition coefficient (Wildman–Crippen LogP) is 2.36. The highest BCUT2D eigenvalue weighted by atomic mass is 16.5. The van der Waals surface area contributed by atoms with E-state index in [-0.39, 0.29) is 12.5 Å². The monoisotopic (exact) mass is 342 g/mol. The minimum Gasteiger partial charge on any atom is -0.484 e. The summed E-state index contributed by atoms with van der Waals surface area (Å²) in [5.41, 5.74) is 3.07. The zero-order chi connectivity index (χ0) is 17.6. The lowest BCUT2D eigenvalue weighted by molar-refractivity contribution is -0.123. The Morgan fingerprint density at radius 2 is 2.36 bits per heavy atom. The molecule has 1 amide bonds. The van der Waals surface area contributed by atoms with Crippen molar-refractivity contribution >= 4 is 5.91 Å². The van der Waals surface area contributed by atoms with E-state index >= 15 is 0 Å². The van der Waals surface area contributed by atoms with Gasteiger partial charge >= 0.3 is 0 Å². The number of likely N-dealkylation sites (tertiary alicyclic amines) is 1. The smallest absolute Gasteiger partial charge is 0.257 e. The molecule has 1 aliphatic heterocycles. The summed E-state index contributed by atoms with van der Waals surface area (Å²) in [7, 11) is 2.15. The average molecular weight is 342 g/mol. The second kappa shape index (κ2) is 8.16. The van der Waals surface area contributed by atoms with E-state index in [4.69, 9.17) is 4.74 Å². The van der Waals surface area contributed by atoms with Crippen molar-refractivity contribution in [3.05, 3.63) is 36.2 Å². The van der Waals surface area contributed by atoms with Crippen LogP contribution in [0.15, 0.2) is 30.5 Å². The molecule has 2 aromatic rings. The maximum atomic E-state index is 12.0. The molecule has 1 aromatic heterocycles. The Morgan fingerprint density at radius 3 is 3.08 bits per heavy atom. The highest BCUT2D eigenvalue weighted by Crippen LogP contribution is 2.25. The summed E-state index contributed by atoms with van der Waals surface area (Å²) in [5.74, 6) is 0.606. The van der Waals surface area contributed by atoms with Gasteiger partial charge in [0.15, 0.2) is 6.61 Å². The van der Waals surface area contributed by atoms with E-state index < -0.39 is 0 Å². The van der Waals surface area contributed by atoms with Gasteiger partial charge in [0.05, 0.1) is 6.20 Å². The first kappa shape index (κ1) is 17.5. The number of H-pyrrole nitrogens is 1. The first-order chi connectivity index (χ1) is 12.1. The molecule has 1 saturated heterocycles. The number of hydrogen-bond donors (Lipinski definition) is 2. The van der Waals surface area contributed by atoms with Crippen molar-refractivity contribution in [2.24, 2.45) is 0 Å². The highest BCUT2D eigenvalue weighted by Gasteiger charge is 2.20. The van der Waals surface area contributed by atoms with Gasteiger partial charge in [-0.1, -0.05) is 12.1 Å². The molecule has 0 aliphatic carbocycles. The van der Waals surface area contributed by atoms with Crippen molar-refractivity contribution < 1.29 is 9.53 Å². The van der Waals surface area contributed by atoms with Crippen LogP contribution in [0.4, 0.5) is 0 Å². The van der Waals surface area contributed by atoms with Crippen molar-refractivity contribution in [1.82, 2.24) is 20.4 Å². The lowest BCUT2D eigenvalue weighted by Crippen LogP contribution is -2.34. The molecule has 3 rings (SSSR count). The molecule has 1 fully saturated rings. The summed E-state index contributed by atoms with van der Waals surface area (Å²) in [6, 6.07) is 8.31. The van der Waals surface area contributed by atoms with E-state index in [9.17, 15) is 4.79 Å². The Labute approximate surface area is 148 Å². The Balaban J connectivity index is 1.45. The van der Waals surface area contributed by atoms with Crippen molar-refractivity contribution in [2.75, 3.05) is 26.7 Å². The number of aromatic nitrogens is 2. The zero-order valence-corrected chi connectivity index (χ0v) is 14.9. The average Bonchev–Trinajstić information content (AvgIpc) is 3.22. The van der Waals surface area contributed by atoms with Crippen molar-refractivity contribution in [2.45, 2.75) is 32.2 Å². The van der Waals surface area contributed by atoms with Crippen LogP contribution in [0.25, 0.3) is 11.1 Å². The van der Waals surface area contributed by atoms with Crippen molar-refractivity contribution in [3.8, 4) is 16.9 Å². The third kappa shape index (κ3) is 4.60.